The third-order valence-electron chi connectivity index (χ3n) is 3.18. The van der Waals surface area contributed by atoms with E-state index in [9.17, 15) is 36.2 Å². The van der Waals surface area contributed by atoms with E-state index in [1.165, 1.54) is 6.92 Å². The zero-order chi connectivity index (χ0) is 18.2. The first-order valence-electron chi connectivity index (χ1n) is 6.22. The summed E-state index contributed by atoms with van der Waals surface area (Å²) in [5.74, 6) is -1.26. The maximum atomic E-state index is 12.8. The molecule has 0 aliphatic heterocycles. The van der Waals surface area contributed by atoms with Crippen molar-refractivity contribution in [1.82, 2.24) is 0 Å². The molecule has 3 nitrogen and oxygen atoms in total. The summed E-state index contributed by atoms with van der Waals surface area (Å²) < 4.78 is 80.1. The molecule has 1 unspecified atom stereocenters. The second-order valence-electron chi connectivity index (χ2n) is 5.55. The van der Waals surface area contributed by atoms with Gasteiger partial charge in [0.15, 0.2) is 5.60 Å². The fourth-order valence-electron chi connectivity index (χ4n) is 1.83. The minimum Gasteiger partial charge on any atom is -0.455 e. The molecule has 0 spiro atoms. The van der Waals surface area contributed by atoms with Crippen LogP contribution < -0.4 is 0 Å². The zero-order valence-electron chi connectivity index (χ0n) is 12.3. The van der Waals surface area contributed by atoms with E-state index in [-0.39, 0.29) is 6.42 Å². The third kappa shape index (κ3) is 3.98. The Morgan fingerprint density at radius 2 is 1.41 bits per heavy atom. The molecule has 0 aromatic rings. The topological polar surface area (TPSA) is 46.5 Å². The van der Waals surface area contributed by atoms with Crippen molar-refractivity contribution < 1.29 is 41.0 Å². The van der Waals surface area contributed by atoms with Gasteiger partial charge in [0, 0.05) is 0 Å². The van der Waals surface area contributed by atoms with Gasteiger partial charge in [-0.3, -0.25) is 4.79 Å². The summed E-state index contributed by atoms with van der Waals surface area (Å²) in [6.45, 7) is 3.78. The molecule has 132 valence electrons. The highest BCUT2D eigenvalue weighted by atomic mass is 127. The Balaban J connectivity index is 5.74. The highest BCUT2D eigenvalue weighted by Crippen LogP contribution is 2.51. The number of esters is 1. The fraction of sp³-hybridized carbons (Fsp3) is 0.917. The Bertz CT molecular complexity index is 400. The van der Waals surface area contributed by atoms with E-state index in [1.807, 2.05) is 0 Å². The summed E-state index contributed by atoms with van der Waals surface area (Å²) >= 11 is 1.59. The number of ether oxygens (including phenoxy) is 1. The second kappa shape index (κ2) is 6.33. The number of aliphatic hydroxyl groups is 1. The zero-order valence-corrected chi connectivity index (χ0v) is 14.5. The van der Waals surface area contributed by atoms with Gasteiger partial charge < -0.3 is 9.84 Å². The Hall–Kier alpha value is -0.260. The van der Waals surface area contributed by atoms with Crippen molar-refractivity contribution in [3.63, 3.8) is 0 Å². The first kappa shape index (κ1) is 21.7. The highest BCUT2D eigenvalue weighted by molar-refractivity contribution is 14.1. The van der Waals surface area contributed by atoms with Crippen LogP contribution in [-0.2, 0) is 9.53 Å². The van der Waals surface area contributed by atoms with Gasteiger partial charge in [-0.1, -0.05) is 35.9 Å². The van der Waals surface area contributed by atoms with E-state index in [1.54, 1.807) is 29.5 Å². The third-order valence-corrected chi connectivity index (χ3v) is 4.16. The number of hydrogen-bond acceptors (Lipinski definition) is 3. The van der Waals surface area contributed by atoms with Gasteiger partial charge in [0.25, 0.3) is 5.60 Å². The van der Waals surface area contributed by atoms with Gasteiger partial charge in [-0.05, 0) is 27.2 Å². The number of rotatable bonds is 5. The van der Waals surface area contributed by atoms with Crippen LogP contribution >= 0.6 is 22.6 Å². The van der Waals surface area contributed by atoms with E-state index in [2.05, 4.69) is 4.74 Å². The molecule has 0 aromatic heterocycles. The lowest BCUT2D eigenvalue weighted by molar-refractivity contribution is -0.407. The van der Waals surface area contributed by atoms with Gasteiger partial charge in [-0.2, -0.15) is 26.3 Å². The molecule has 0 saturated carbocycles. The number of carbonyl (C=O) groups excluding carboxylic acids is 1. The molecule has 0 radical (unpaired) electrons. The summed E-state index contributed by atoms with van der Waals surface area (Å²) in [4.78, 5) is 11.9. The van der Waals surface area contributed by atoms with E-state index in [0.717, 1.165) is 0 Å². The number of hydrogen-bond donors (Lipinski definition) is 1. The van der Waals surface area contributed by atoms with E-state index >= 15 is 0 Å². The van der Waals surface area contributed by atoms with Crippen LogP contribution in [0.4, 0.5) is 26.3 Å². The molecular formula is C12H17F6IO3. The molecule has 0 aromatic carbocycles. The highest BCUT2D eigenvalue weighted by Gasteiger charge is 2.78. The number of halogens is 7. The molecule has 0 amide bonds. The van der Waals surface area contributed by atoms with Gasteiger partial charge in [0.05, 0.1) is 0 Å². The lowest BCUT2D eigenvalue weighted by Gasteiger charge is -2.44. The summed E-state index contributed by atoms with van der Waals surface area (Å²) in [5, 5.41) is 9.33. The van der Waals surface area contributed by atoms with Crippen molar-refractivity contribution in [3.05, 3.63) is 0 Å². The Morgan fingerprint density at radius 1 is 1.05 bits per heavy atom. The van der Waals surface area contributed by atoms with Crippen molar-refractivity contribution in [1.29, 1.82) is 0 Å². The van der Waals surface area contributed by atoms with Crippen LogP contribution in [0.5, 0.6) is 0 Å². The van der Waals surface area contributed by atoms with Gasteiger partial charge in [-0.25, -0.2) is 0 Å². The van der Waals surface area contributed by atoms with Crippen LogP contribution in [0.2, 0.25) is 0 Å². The van der Waals surface area contributed by atoms with Crippen LogP contribution in [0.1, 0.15) is 40.5 Å². The Morgan fingerprint density at radius 3 is 1.68 bits per heavy atom. The van der Waals surface area contributed by atoms with Crippen LogP contribution in [0, 0.1) is 0 Å². The van der Waals surface area contributed by atoms with Crippen LogP contribution in [-0.4, -0.2) is 38.1 Å². The summed E-state index contributed by atoms with van der Waals surface area (Å²) in [7, 11) is 0. The molecule has 0 aliphatic carbocycles. The molecule has 0 fully saturated rings. The van der Waals surface area contributed by atoms with Crippen molar-refractivity contribution in [2.75, 3.05) is 0 Å². The predicted molar refractivity (Wildman–Crippen MR) is 74.6 cm³/mol. The minimum absolute atomic E-state index is 0.193. The van der Waals surface area contributed by atoms with Crippen LogP contribution in [0.3, 0.4) is 0 Å². The molecule has 0 bridgehead atoms. The van der Waals surface area contributed by atoms with Crippen molar-refractivity contribution in [3.8, 4) is 0 Å². The number of carbonyl (C=O) groups is 1. The molecule has 1 N–H and O–H groups in total. The van der Waals surface area contributed by atoms with Gasteiger partial charge in [0.1, 0.15) is 3.42 Å². The molecular weight excluding hydrogens is 433 g/mol. The molecule has 0 heterocycles. The van der Waals surface area contributed by atoms with E-state index in [0.29, 0.717) is 20.3 Å². The first-order valence-corrected chi connectivity index (χ1v) is 7.30. The average molecular weight is 450 g/mol. The molecule has 1 atom stereocenters. The van der Waals surface area contributed by atoms with Crippen molar-refractivity contribution >= 4 is 28.6 Å². The van der Waals surface area contributed by atoms with E-state index in [4.69, 9.17) is 0 Å². The quantitative estimate of drug-likeness (QED) is 0.296. The summed E-state index contributed by atoms with van der Waals surface area (Å²) in [6.07, 6.45) is -11.5. The maximum absolute atomic E-state index is 12.8. The van der Waals surface area contributed by atoms with Crippen molar-refractivity contribution in [2.24, 2.45) is 0 Å². The lowest BCUT2D eigenvalue weighted by atomic mass is 9.83. The Kier molecular flexibility index (Phi) is 6.25. The number of alkyl halides is 7. The average Bonchev–Trinajstić information content (AvgIpc) is 2.23. The smallest absolute Gasteiger partial charge is 0.430 e. The minimum atomic E-state index is -6.07. The predicted octanol–water partition coefficient (Wildman–Crippen LogP) is 4.16. The lowest BCUT2D eigenvalue weighted by Crippen LogP contribution is -2.70. The molecule has 0 saturated heterocycles. The summed E-state index contributed by atoms with van der Waals surface area (Å²) in [5.41, 5.74) is -8.43. The van der Waals surface area contributed by atoms with E-state index < -0.39 is 32.9 Å². The standard InChI is InChI=1S/C12H17F6IO3/c1-5-6-9(4,19)7(20)22-8(2,3)10(21,11(13,14)15)12(16,17)18/h21H,5-6H2,1-4H3. The van der Waals surface area contributed by atoms with Gasteiger partial charge in [-0.15, -0.1) is 0 Å². The fourth-order valence-corrected chi connectivity index (χ4v) is 2.48. The largest absolute Gasteiger partial charge is 0.455 e. The van der Waals surface area contributed by atoms with Crippen LogP contribution in [0.25, 0.3) is 0 Å². The monoisotopic (exact) mass is 450 g/mol. The molecule has 0 aliphatic rings. The van der Waals surface area contributed by atoms with Crippen molar-refractivity contribution in [2.45, 2.75) is 67.5 Å². The van der Waals surface area contributed by atoms with Gasteiger partial charge in [0.2, 0.25) is 0 Å². The van der Waals surface area contributed by atoms with Gasteiger partial charge >= 0.3 is 18.3 Å². The summed E-state index contributed by atoms with van der Waals surface area (Å²) in [6, 6.07) is 0. The molecule has 0 rings (SSSR count). The second-order valence-corrected chi connectivity index (χ2v) is 7.93. The first-order chi connectivity index (χ1) is 9.44. The normalized spacial score (nSPS) is 17.1. The molecule has 10 heteroatoms. The Labute approximate surface area is 137 Å². The molecule has 22 heavy (non-hydrogen) atoms. The van der Waals surface area contributed by atoms with Crippen LogP contribution in [0.15, 0.2) is 0 Å². The maximum Gasteiger partial charge on any atom is 0.430 e. The SMILES string of the molecule is CCCC(C)(I)C(=O)OC(C)(C)C(O)(C(F)(F)F)C(F)(F)F.